The second kappa shape index (κ2) is 6.86. The van der Waals surface area contributed by atoms with Gasteiger partial charge in [0.05, 0.1) is 21.8 Å². The number of fused-ring (bicyclic) bond motifs is 1. The molecule has 6 nitrogen and oxygen atoms in total. The van der Waals surface area contributed by atoms with Crippen LogP contribution < -0.4 is 5.32 Å². The smallest absolute Gasteiger partial charge is 0.316 e. The molecular formula is C16H12N4O2S2. The maximum Gasteiger partial charge on any atom is 0.316 e. The molecule has 8 heteroatoms. The first kappa shape index (κ1) is 16.2. The van der Waals surface area contributed by atoms with E-state index in [1.807, 2.05) is 11.4 Å². The zero-order valence-corrected chi connectivity index (χ0v) is 14.2. The second-order valence-electron chi connectivity index (χ2n) is 4.90. The number of nitrogens with one attached hydrogen (secondary N) is 1. The Morgan fingerprint density at radius 3 is 2.75 bits per heavy atom. The van der Waals surface area contributed by atoms with Gasteiger partial charge in [-0.3, -0.25) is 4.79 Å². The molecule has 24 heavy (non-hydrogen) atoms. The molecule has 0 aliphatic carbocycles. The number of hydrogen-bond donors (Lipinski definition) is 2. The number of benzene rings is 1. The van der Waals surface area contributed by atoms with Crippen molar-refractivity contribution in [3.8, 4) is 6.07 Å². The van der Waals surface area contributed by atoms with Crippen molar-refractivity contribution in [1.82, 2.24) is 9.97 Å². The van der Waals surface area contributed by atoms with Crippen LogP contribution in [0.2, 0.25) is 0 Å². The number of carbonyl (C=O) groups is 1. The van der Waals surface area contributed by atoms with Crippen molar-refractivity contribution in [2.24, 2.45) is 0 Å². The molecule has 1 atom stereocenters. The lowest BCUT2D eigenvalue weighted by atomic mass is 10.2. The molecule has 1 aromatic carbocycles. The van der Waals surface area contributed by atoms with Crippen molar-refractivity contribution in [2.75, 3.05) is 5.32 Å². The van der Waals surface area contributed by atoms with E-state index in [1.165, 1.54) is 11.3 Å². The van der Waals surface area contributed by atoms with E-state index in [2.05, 4.69) is 21.4 Å². The number of thiophene rings is 1. The van der Waals surface area contributed by atoms with E-state index in [4.69, 9.17) is 10.4 Å². The quantitative estimate of drug-likeness (QED) is 0.529. The lowest BCUT2D eigenvalue weighted by molar-refractivity contribution is -0.136. The van der Waals surface area contributed by atoms with Gasteiger partial charge in [-0.1, -0.05) is 11.8 Å². The lowest BCUT2D eigenvalue weighted by Gasteiger charge is -2.10. The summed E-state index contributed by atoms with van der Waals surface area (Å²) in [5, 5.41) is 22.8. The summed E-state index contributed by atoms with van der Waals surface area (Å²) in [6.07, 6.45) is 0. The zero-order valence-electron chi connectivity index (χ0n) is 12.6. The number of hydrogen-bond acceptors (Lipinski definition) is 7. The average Bonchev–Trinajstić information content (AvgIpc) is 3.04. The van der Waals surface area contributed by atoms with Gasteiger partial charge < -0.3 is 10.4 Å². The molecule has 3 rings (SSSR count). The molecule has 0 amide bonds. The molecular weight excluding hydrogens is 344 g/mol. The molecule has 0 aliphatic heterocycles. The van der Waals surface area contributed by atoms with Crippen LogP contribution in [-0.4, -0.2) is 26.3 Å². The minimum Gasteiger partial charge on any atom is -0.480 e. The molecule has 2 heterocycles. The molecule has 0 radical (unpaired) electrons. The first-order valence-corrected chi connectivity index (χ1v) is 8.74. The van der Waals surface area contributed by atoms with Crippen molar-refractivity contribution in [2.45, 2.75) is 17.3 Å². The van der Waals surface area contributed by atoms with Crippen LogP contribution in [0.4, 0.5) is 11.5 Å². The molecule has 0 saturated heterocycles. The Morgan fingerprint density at radius 1 is 1.33 bits per heavy atom. The van der Waals surface area contributed by atoms with E-state index in [9.17, 15) is 4.79 Å². The summed E-state index contributed by atoms with van der Waals surface area (Å²) in [6.45, 7) is 1.60. The number of carboxylic acids is 1. The van der Waals surface area contributed by atoms with E-state index >= 15 is 0 Å². The summed E-state index contributed by atoms with van der Waals surface area (Å²) in [7, 11) is 0. The van der Waals surface area contributed by atoms with Crippen LogP contribution in [0.15, 0.2) is 40.9 Å². The van der Waals surface area contributed by atoms with Crippen LogP contribution in [-0.2, 0) is 4.79 Å². The highest BCUT2D eigenvalue weighted by Crippen LogP contribution is 2.31. The molecule has 3 aromatic rings. The zero-order chi connectivity index (χ0) is 17.1. The van der Waals surface area contributed by atoms with Crippen LogP contribution in [0, 0.1) is 11.3 Å². The molecule has 120 valence electrons. The van der Waals surface area contributed by atoms with Crippen molar-refractivity contribution < 1.29 is 9.90 Å². The highest BCUT2D eigenvalue weighted by atomic mass is 32.2. The summed E-state index contributed by atoms with van der Waals surface area (Å²) >= 11 is 2.61. The number of nitriles is 1. The Hall–Kier alpha value is -2.63. The first-order valence-electron chi connectivity index (χ1n) is 6.98. The largest absolute Gasteiger partial charge is 0.480 e. The van der Waals surface area contributed by atoms with Crippen LogP contribution in [0.3, 0.4) is 0 Å². The van der Waals surface area contributed by atoms with Crippen molar-refractivity contribution >= 4 is 50.8 Å². The maximum absolute atomic E-state index is 11.0. The van der Waals surface area contributed by atoms with Gasteiger partial charge in [0.15, 0.2) is 11.0 Å². The molecule has 0 saturated carbocycles. The Labute approximate surface area is 146 Å². The first-order chi connectivity index (χ1) is 11.6. The fourth-order valence-corrected chi connectivity index (χ4v) is 3.44. The minimum atomic E-state index is -0.907. The summed E-state index contributed by atoms with van der Waals surface area (Å²) in [6, 6.07) is 11.0. The molecule has 0 fully saturated rings. The van der Waals surface area contributed by atoms with Gasteiger partial charge in [-0.15, -0.1) is 11.3 Å². The molecule has 0 spiro atoms. The Morgan fingerprint density at radius 2 is 2.08 bits per heavy atom. The molecule has 0 bridgehead atoms. The Kier molecular flexibility index (Phi) is 4.64. The summed E-state index contributed by atoms with van der Waals surface area (Å²) in [5.74, 6) is -0.282. The van der Waals surface area contributed by atoms with Crippen molar-refractivity contribution in [1.29, 1.82) is 5.26 Å². The third-order valence-corrected chi connectivity index (χ3v) is 5.05. The van der Waals surface area contributed by atoms with Gasteiger partial charge in [-0.2, -0.15) is 5.26 Å². The van der Waals surface area contributed by atoms with Crippen LogP contribution >= 0.6 is 23.1 Å². The third kappa shape index (κ3) is 3.48. The van der Waals surface area contributed by atoms with E-state index in [1.54, 1.807) is 31.2 Å². The number of rotatable bonds is 5. The summed E-state index contributed by atoms with van der Waals surface area (Å²) in [4.78, 5) is 19.9. The van der Waals surface area contributed by atoms with Gasteiger partial charge in [-0.25, -0.2) is 9.97 Å². The highest BCUT2D eigenvalue weighted by molar-refractivity contribution is 8.00. The molecule has 1 unspecified atom stereocenters. The predicted octanol–water partition coefficient (Wildman–Crippen LogP) is 3.87. The predicted molar refractivity (Wildman–Crippen MR) is 94.8 cm³/mol. The van der Waals surface area contributed by atoms with Crippen LogP contribution in [0.25, 0.3) is 10.2 Å². The number of carboxylic acid groups (broad SMARTS) is 1. The summed E-state index contributed by atoms with van der Waals surface area (Å²) in [5.41, 5.74) is 2.15. The maximum atomic E-state index is 11.0. The van der Waals surface area contributed by atoms with Gasteiger partial charge in [0.25, 0.3) is 0 Å². The third-order valence-electron chi connectivity index (χ3n) is 3.19. The number of aliphatic carboxylic acids is 1. The molecule has 0 aliphatic rings. The number of aromatic nitrogens is 2. The van der Waals surface area contributed by atoms with Crippen LogP contribution in [0.5, 0.6) is 0 Å². The van der Waals surface area contributed by atoms with Crippen LogP contribution in [0.1, 0.15) is 12.5 Å². The highest BCUT2D eigenvalue weighted by Gasteiger charge is 2.17. The molecule has 2 aromatic heterocycles. The number of anilines is 2. The monoisotopic (exact) mass is 356 g/mol. The van der Waals surface area contributed by atoms with Gasteiger partial charge in [-0.05, 0) is 42.6 Å². The number of thioether (sulfide) groups is 1. The van der Waals surface area contributed by atoms with E-state index in [0.29, 0.717) is 16.5 Å². The number of nitrogens with zero attached hydrogens (tertiary/aromatic N) is 3. The van der Waals surface area contributed by atoms with Crippen molar-refractivity contribution in [3.05, 3.63) is 41.3 Å². The molecule has 2 N–H and O–H groups in total. The Balaban J connectivity index is 1.94. The average molecular weight is 356 g/mol. The topological polar surface area (TPSA) is 98.9 Å². The van der Waals surface area contributed by atoms with Gasteiger partial charge >= 0.3 is 5.97 Å². The van der Waals surface area contributed by atoms with E-state index in [0.717, 1.165) is 27.7 Å². The van der Waals surface area contributed by atoms with Crippen molar-refractivity contribution in [3.63, 3.8) is 0 Å². The fourth-order valence-electron chi connectivity index (χ4n) is 1.95. The van der Waals surface area contributed by atoms with Gasteiger partial charge in [0, 0.05) is 5.69 Å². The normalized spacial score (nSPS) is 11.8. The van der Waals surface area contributed by atoms with E-state index < -0.39 is 11.2 Å². The van der Waals surface area contributed by atoms with Gasteiger partial charge in [0.1, 0.15) is 5.25 Å². The fraction of sp³-hybridized carbons (Fsp3) is 0.125. The lowest BCUT2D eigenvalue weighted by Crippen LogP contribution is -2.12. The van der Waals surface area contributed by atoms with E-state index in [-0.39, 0.29) is 0 Å². The van der Waals surface area contributed by atoms with Gasteiger partial charge in [0.2, 0.25) is 0 Å². The second-order valence-corrected chi connectivity index (χ2v) is 7.13. The SMILES string of the molecule is CC(Sc1nc(Nc2ccc(C#N)cc2)c2sccc2n1)C(=O)O. The summed E-state index contributed by atoms with van der Waals surface area (Å²) < 4.78 is 0.895. The Bertz CT molecular complexity index is 931. The minimum absolute atomic E-state index is 0.409. The standard InChI is InChI=1S/C16H12N4O2S2/c1-9(15(21)22)24-16-19-12-6-7-23-13(12)14(20-16)18-11-4-2-10(8-17)3-5-11/h2-7,9H,1H3,(H,21,22)(H,18,19,20).